The SMILES string of the molecule is CSC(C)CN1CC(CC(C)C)NCC1c1ccccc1. The van der Waals surface area contributed by atoms with Crippen LogP contribution < -0.4 is 5.32 Å². The molecule has 0 saturated carbocycles. The summed E-state index contributed by atoms with van der Waals surface area (Å²) in [7, 11) is 0. The van der Waals surface area contributed by atoms with Crippen LogP contribution in [0.3, 0.4) is 0 Å². The van der Waals surface area contributed by atoms with Gasteiger partial charge in [0.05, 0.1) is 0 Å². The molecular formula is C18H30N2S. The summed E-state index contributed by atoms with van der Waals surface area (Å²) in [4.78, 5) is 2.69. The van der Waals surface area contributed by atoms with E-state index >= 15 is 0 Å². The summed E-state index contributed by atoms with van der Waals surface area (Å²) in [5.74, 6) is 0.760. The summed E-state index contributed by atoms with van der Waals surface area (Å²) in [5, 5.41) is 4.46. The van der Waals surface area contributed by atoms with E-state index in [1.54, 1.807) is 0 Å². The van der Waals surface area contributed by atoms with Crippen molar-refractivity contribution < 1.29 is 0 Å². The number of piperazine rings is 1. The van der Waals surface area contributed by atoms with Crippen molar-refractivity contribution in [3.63, 3.8) is 0 Å². The van der Waals surface area contributed by atoms with Crippen molar-refractivity contribution in [3.05, 3.63) is 35.9 Å². The number of benzene rings is 1. The van der Waals surface area contributed by atoms with E-state index in [1.807, 2.05) is 11.8 Å². The van der Waals surface area contributed by atoms with Crippen molar-refractivity contribution in [1.29, 1.82) is 0 Å². The third kappa shape index (κ3) is 5.01. The van der Waals surface area contributed by atoms with Crippen LogP contribution >= 0.6 is 11.8 Å². The van der Waals surface area contributed by atoms with Crippen LogP contribution in [0.4, 0.5) is 0 Å². The first kappa shape index (κ1) is 16.9. The van der Waals surface area contributed by atoms with Crippen molar-refractivity contribution in [1.82, 2.24) is 10.2 Å². The highest BCUT2D eigenvalue weighted by atomic mass is 32.2. The quantitative estimate of drug-likeness (QED) is 0.860. The summed E-state index contributed by atoms with van der Waals surface area (Å²) >= 11 is 1.97. The molecule has 3 atom stereocenters. The lowest BCUT2D eigenvalue weighted by molar-refractivity contribution is 0.123. The van der Waals surface area contributed by atoms with Gasteiger partial charge >= 0.3 is 0 Å². The highest BCUT2D eigenvalue weighted by Gasteiger charge is 2.29. The molecular weight excluding hydrogens is 276 g/mol. The van der Waals surface area contributed by atoms with Crippen LogP contribution in [-0.2, 0) is 0 Å². The van der Waals surface area contributed by atoms with Crippen LogP contribution in [0.2, 0.25) is 0 Å². The molecule has 0 amide bonds. The molecule has 1 heterocycles. The van der Waals surface area contributed by atoms with Crippen LogP contribution in [0.25, 0.3) is 0 Å². The summed E-state index contributed by atoms with van der Waals surface area (Å²) < 4.78 is 0. The molecule has 0 spiro atoms. The zero-order valence-corrected chi connectivity index (χ0v) is 14.7. The van der Waals surface area contributed by atoms with Crippen molar-refractivity contribution in [3.8, 4) is 0 Å². The molecule has 3 unspecified atom stereocenters. The molecule has 2 nitrogen and oxygen atoms in total. The van der Waals surface area contributed by atoms with Gasteiger partial charge < -0.3 is 5.32 Å². The highest BCUT2D eigenvalue weighted by Crippen LogP contribution is 2.26. The van der Waals surface area contributed by atoms with Gasteiger partial charge in [0.25, 0.3) is 0 Å². The molecule has 1 N–H and O–H groups in total. The largest absolute Gasteiger partial charge is 0.311 e. The maximum absolute atomic E-state index is 3.77. The Bertz CT molecular complexity index is 407. The summed E-state index contributed by atoms with van der Waals surface area (Å²) in [6.45, 7) is 10.4. The lowest BCUT2D eigenvalue weighted by atomic mass is 9.96. The Hall–Kier alpha value is -0.510. The molecule has 0 aliphatic carbocycles. The highest BCUT2D eigenvalue weighted by molar-refractivity contribution is 7.99. The normalized spacial score (nSPS) is 25.2. The number of rotatable bonds is 6. The molecule has 3 heteroatoms. The predicted octanol–water partition coefficient (Wildman–Crippen LogP) is 3.80. The van der Waals surface area contributed by atoms with Gasteiger partial charge in [0.1, 0.15) is 0 Å². The van der Waals surface area contributed by atoms with Gasteiger partial charge in [-0.05, 0) is 24.2 Å². The van der Waals surface area contributed by atoms with Crippen LogP contribution in [0, 0.1) is 5.92 Å². The fourth-order valence-electron chi connectivity index (χ4n) is 3.22. The maximum atomic E-state index is 3.77. The number of nitrogens with zero attached hydrogens (tertiary/aromatic N) is 1. The molecule has 21 heavy (non-hydrogen) atoms. The van der Waals surface area contributed by atoms with Gasteiger partial charge in [0.15, 0.2) is 0 Å². The van der Waals surface area contributed by atoms with Crippen LogP contribution in [0.15, 0.2) is 30.3 Å². The van der Waals surface area contributed by atoms with E-state index in [9.17, 15) is 0 Å². The van der Waals surface area contributed by atoms with E-state index in [2.05, 4.69) is 67.6 Å². The minimum atomic E-state index is 0.518. The fraction of sp³-hybridized carbons (Fsp3) is 0.667. The first-order valence-electron chi connectivity index (χ1n) is 8.15. The van der Waals surface area contributed by atoms with E-state index < -0.39 is 0 Å². The zero-order valence-electron chi connectivity index (χ0n) is 13.9. The van der Waals surface area contributed by atoms with E-state index in [0.717, 1.165) is 12.5 Å². The Morgan fingerprint density at radius 2 is 1.95 bits per heavy atom. The summed E-state index contributed by atoms with van der Waals surface area (Å²) in [6, 6.07) is 12.1. The van der Waals surface area contributed by atoms with Crippen LogP contribution in [0.5, 0.6) is 0 Å². The average molecular weight is 307 g/mol. The lowest BCUT2D eigenvalue weighted by Crippen LogP contribution is -2.53. The first-order chi connectivity index (χ1) is 10.1. The molecule has 1 aliphatic rings. The number of hydrogen-bond donors (Lipinski definition) is 1. The number of nitrogens with one attached hydrogen (secondary N) is 1. The Morgan fingerprint density at radius 3 is 2.57 bits per heavy atom. The second-order valence-electron chi connectivity index (χ2n) is 6.66. The van der Waals surface area contributed by atoms with E-state index in [-0.39, 0.29) is 0 Å². The van der Waals surface area contributed by atoms with Gasteiger partial charge in [-0.25, -0.2) is 0 Å². The Kier molecular flexibility index (Phi) is 6.59. The molecule has 0 bridgehead atoms. The molecule has 1 aromatic carbocycles. The summed E-state index contributed by atoms with van der Waals surface area (Å²) in [5.41, 5.74) is 1.45. The van der Waals surface area contributed by atoms with Crippen LogP contribution in [0.1, 0.15) is 38.8 Å². The van der Waals surface area contributed by atoms with E-state index in [0.29, 0.717) is 17.3 Å². The van der Waals surface area contributed by atoms with Gasteiger partial charge in [-0.3, -0.25) is 4.90 Å². The van der Waals surface area contributed by atoms with Gasteiger partial charge in [0.2, 0.25) is 0 Å². The van der Waals surface area contributed by atoms with Crippen molar-refractivity contribution in [2.75, 3.05) is 25.9 Å². The van der Waals surface area contributed by atoms with E-state index in [4.69, 9.17) is 0 Å². The average Bonchev–Trinajstić information content (AvgIpc) is 2.47. The van der Waals surface area contributed by atoms with E-state index in [1.165, 1.54) is 25.1 Å². The number of hydrogen-bond acceptors (Lipinski definition) is 3. The van der Waals surface area contributed by atoms with Gasteiger partial charge in [-0.15, -0.1) is 0 Å². The second kappa shape index (κ2) is 8.21. The number of thioether (sulfide) groups is 1. The fourth-order valence-corrected chi connectivity index (χ4v) is 3.56. The summed E-state index contributed by atoms with van der Waals surface area (Å²) in [6.07, 6.45) is 3.49. The Morgan fingerprint density at radius 1 is 1.24 bits per heavy atom. The topological polar surface area (TPSA) is 15.3 Å². The lowest BCUT2D eigenvalue weighted by Gasteiger charge is -2.42. The first-order valence-corrected chi connectivity index (χ1v) is 9.44. The molecule has 1 fully saturated rings. The van der Waals surface area contributed by atoms with Gasteiger partial charge in [-0.1, -0.05) is 51.1 Å². The molecule has 1 aromatic rings. The standard InChI is InChI=1S/C18H30N2S/c1-14(2)10-17-13-20(12-15(3)21-4)18(11-19-17)16-8-6-5-7-9-16/h5-9,14-15,17-19H,10-13H2,1-4H3. The third-order valence-electron chi connectivity index (χ3n) is 4.33. The van der Waals surface area contributed by atoms with Gasteiger partial charge in [0, 0.05) is 37.0 Å². The molecule has 118 valence electrons. The molecule has 0 radical (unpaired) electrons. The van der Waals surface area contributed by atoms with Gasteiger partial charge in [-0.2, -0.15) is 11.8 Å². The molecule has 0 aromatic heterocycles. The second-order valence-corrected chi connectivity index (χ2v) is 7.94. The third-order valence-corrected chi connectivity index (χ3v) is 5.28. The monoisotopic (exact) mass is 306 g/mol. The molecule has 1 aliphatic heterocycles. The molecule has 1 saturated heterocycles. The predicted molar refractivity (Wildman–Crippen MR) is 95.0 cm³/mol. The van der Waals surface area contributed by atoms with Crippen LogP contribution in [-0.4, -0.2) is 42.1 Å². The van der Waals surface area contributed by atoms with Crippen molar-refractivity contribution in [2.45, 2.75) is 44.5 Å². The zero-order chi connectivity index (χ0) is 15.2. The molecule has 2 rings (SSSR count). The minimum Gasteiger partial charge on any atom is -0.311 e. The van der Waals surface area contributed by atoms with Crippen molar-refractivity contribution in [2.24, 2.45) is 5.92 Å². The minimum absolute atomic E-state index is 0.518. The smallest absolute Gasteiger partial charge is 0.0473 e. The maximum Gasteiger partial charge on any atom is 0.0473 e. The van der Waals surface area contributed by atoms with Crippen molar-refractivity contribution >= 4 is 11.8 Å². The Balaban J connectivity index is 2.08. The Labute approximate surface area is 134 Å².